The minimum absolute atomic E-state index is 0.0481. The molecule has 4 rings (SSSR count). The molecule has 0 aliphatic heterocycles. The van der Waals surface area contributed by atoms with Crippen LogP contribution in [-0.2, 0) is 9.36 Å². The molecule has 1 saturated carbocycles. The highest BCUT2D eigenvalue weighted by Crippen LogP contribution is 2.52. The lowest BCUT2D eigenvalue weighted by molar-refractivity contribution is -0.122. The Morgan fingerprint density at radius 2 is 1.34 bits per heavy atom. The maximum absolute atomic E-state index is 14.5. The molecule has 2 N–H and O–H groups in total. The van der Waals surface area contributed by atoms with Gasteiger partial charge in [0.1, 0.15) is 0 Å². The van der Waals surface area contributed by atoms with Crippen LogP contribution in [0.1, 0.15) is 18.0 Å². The average Bonchev–Trinajstić information content (AvgIpc) is 3.59. The number of nitrogens with one attached hydrogen (secondary N) is 2. The van der Waals surface area contributed by atoms with Gasteiger partial charge >= 0.3 is 0 Å². The summed E-state index contributed by atoms with van der Waals surface area (Å²) in [7, 11) is -1.44. The molecular weight excluding hydrogens is 379 g/mol. The van der Waals surface area contributed by atoms with Gasteiger partial charge in [0.15, 0.2) is 0 Å². The van der Waals surface area contributed by atoms with Crippen molar-refractivity contribution in [1.82, 2.24) is 10.4 Å². The van der Waals surface area contributed by atoms with Gasteiger partial charge < -0.3 is 5.32 Å². The molecule has 0 aromatic heterocycles. The molecule has 1 amide bonds. The third-order valence-corrected chi connectivity index (χ3v) is 8.26. The maximum Gasteiger partial charge on any atom is 0.223 e. The van der Waals surface area contributed by atoms with E-state index in [1.807, 2.05) is 91.0 Å². The summed E-state index contributed by atoms with van der Waals surface area (Å²) < 4.78 is 14.5. The first-order chi connectivity index (χ1) is 14.1. The molecule has 0 spiro atoms. The highest BCUT2D eigenvalue weighted by Gasteiger charge is 2.49. The maximum atomic E-state index is 14.5. The van der Waals surface area contributed by atoms with E-state index in [1.54, 1.807) is 7.05 Å². The summed E-state index contributed by atoms with van der Waals surface area (Å²) >= 11 is 0. The Kier molecular flexibility index (Phi) is 5.66. The van der Waals surface area contributed by atoms with Crippen molar-refractivity contribution >= 4 is 23.8 Å². The first kappa shape index (κ1) is 19.6. The second kappa shape index (κ2) is 8.36. The molecule has 3 aromatic carbocycles. The van der Waals surface area contributed by atoms with Crippen LogP contribution in [0, 0.1) is 11.8 Å². The van der Waals surface area contributed by atoms with Gasteiger partial charge in [0.25, 0.3) is 0 Å². The molecular formula is C24H25N2O2P. The minimum atomic E-state index is -3.11. The summed E-state index contributed by atoms with van der Waals surface area (Å²) in [6.07, 6.45) is 0.788. The summed E-state index contributed by atoms with van der Waals surface area (Å²) in [6.45, 7) is 0. The fourth-order valence-electron chi connectivity index (χ4n) is 3.92. The fraction of sp³-hybridized carbons (Fsp3) is 0.208. The lowest BCUT2D eigenvalue weighted by Gasteiger charge is -2.28. The van der Waals surface area contributed by atoms with E-state index >= 15 is 0 Å². The number of rotatable bonds is 7. The van der Waals surface area contributed by atoms with Crippen molar-refractivity contribution < 1.29 is 9.36 Å². The number of hydrogen-bond donors (Lipinski definition) is 2. The van der Waals surface area contributed by atoms with Crippen LogP contribution in [0.25, 0.3) is 0 Å². The van der Waals surface area contributed by atoms with Crippen LogP contribution >= 0.6 is 7.29 Å². The molecule has 0 heterocycles. The van der Waals surface area contributed by atoms with E-state index in [2.05, 4.69) is 10.4 Å². The van der Waals surface area contributed by atoms with Gasteiger partial charge in [0, 0.05) is 29.6 Å². The normalized spacial score (nSPS) is 19.3. The fourth-order valence-corrected chi connectivity index (χ4v) is 6.43. The third-order valence-electron chi connectivity index (χ3n) is 5.57. The molecule has 1 aliphatic rings. The molecule has 1 aliphatic carbocycles. The van der Waals surface area contributed by atoms with Gasteiger partial charge in [-0.3, -0.25) is 14.4 Å². The van der Waals surface area contributed by atoms with E-state index in [0.717, 1.165) is 22.6 Å². The van der Waals surface area contributed by atoms with Crippen molar-refractivity contribution in [2.24, 2.45) is 11.8 Å². The molecule has 3 atom stereocenters. The predicted molar refractivity (Wildman–Crippen MR) is 118 cm³/mol. The van der Waals surface area contributed by atoms with Gasteiger partial charge in [0.05, 0.1) is 0 Å². The molecule has 0 unspecified atom stereocenters. The third kappa shape index (κ3) is 4.05. The van der Waals surface area contributed by atoms with Crippen LogP contribution in [0.15, 0.2) is 91.0 Å². The molecule has 3 aromatic rings. The Balaban J connectivity index is 1.76. The van der Waals surface area contributed by atoms with E-state index in [4.69, 9.17) is 0 Å². The molecule has 0 bridgehead atoms. The number of hydrogen-bond acceptors (Lipinski definition) is 2. The Hall–Kier alpha value is -2.68. The number of carbonyl (C=O) groups is 1. The van der Waals surface area contributed by atoms with Crippen LogP contribution in [0.4, 0.5) is 0 Å². The topological polar surface area (TPSA) is 58.2 Å². The van der Waals surface area contributed by atoms with E-state index in [0.29, 0.717) is 0 Å². The Bertz CT molecular complexity index is 965. The molecule has 5 heteroatoms. The van der Waals surface area contributed by atoms with E-state index in [9.17, 15) is 9.36 Å². The molecule has 0 saturated heterocycles. The van der Waals surface area contributed by atoms with Crippen molar-refractivity contribution in [3.05, 3.63) is 96.6 Å². The monoisotopic (exact) mass is 404 g/mol. The second-order valence-corrected chi connectivity index (χ2v) is 9.93. The standard InChI is InChI=1S/C24H25N2O2P/c1-25-24(27)22-17-21(22)23(18-11-5-2-6-12-18)26-29(28,19-13-7-3-8-14-19)20-15-9-4-10-16-20/h2-16,21-23H,17H2,1H3,(H,25,27)(H,26,28)/t21-,22+,23-/m1/s1. The zero-order chi connectivity index (χ0) is 20.3. The average molecular weight is 404 g/mol. The van der Waals surface area contributed by atoms with Gasteiger partial charge in [-0.05, 0) is 42.2 Å². The highest BCUT2D eigenvalue weighted by atomic mass is 31.2. The van der Waals surface area contributed by atoms with Gasteiger partial charge in [0.2, 0.25) is 13.2 Å². The summed E-state index contributed by atoms with van der Waals surface area (Å²) in [5.74, 6) is 0.0998. The molecule has 1 fully saturated rings. The van der Waals surface area contributed by atoms with E-state index in [-0.39, 0.29) is 23.8 Å². The first-order valence-electron chi connectivity index (χ1n) is 9.89. The Morgan fingerprint density at radius 3 is 1.83 bits per heavy atom. The van der Waals surface area contributed by atoms with Crippen LogP contribution in [0.3, 0.4) is 0 Å². The van der Waals surface area contributed by atoms with E-state index in [1.165, 1.54) is 0 Å². The van der Waals surface area contributed by atoms with Crippen LogP contribution < -0.4 is 21.0 Å². The lowest BCUT2D eigenvalue weighted by atomic mass is 10.0. The first-order valence-corrected chi connectivity index (χ1v) is 11.6. The number of carbonyl (C=O) groups excluding carboxylic acids is 1. The molecule has 0 radical (unpaired) electrons. The molecule has 4 nitrogen and oxygen atoms in total. The van der Waals surface area contributed by atoms with Crippen molar-refractivity contribution in [3.63, 3.8) is 0 Å². The Morgan fingerprint density at radius 1 is 0.862 bits per heavy atom. The number of benzene rings is 3. The zero-order valence-corrected chi connectivity index (χ0v) is 17.3. The SMILES string of the molecule is CNC(=O)[C@H]1C[C@H]1[C@H](NP(=O)(c1ccccc1)c1ccccc1)c1ccccc1. The largest absolute Gasteiger partial charge is 0.359 e. The quantitative estimate of drug-likeness (QED) is 0.592. The summed E-state index contributed by atoms with van der Waals surface area (Å²) in [4.78, 5) is 12.2. The Labute approximate surface area is 171 Å². The summed E-state index contributed by atoms with van der Waals surface area (Å²) in [5, 5.41) is 7.82. The second-order valence-electron chi connectivity index (χ2n) is 7.42. The van der Waals surface area contributed by atoms with Crippen LogP contribution in [0.2, 0.25) is 0 Å². The summed E-state index contributed by atoms with van der Waals surface area (Å²) in [5.41, 5.74) is 1.05. The lowest BCUT2D eigenvalue weighted by Crippen LogP contribution is -2.32. The van der Waals surface area contributed by atoms with Gasteiger partial charge in [-0.2, -0.15) is 0 Å². The van der Waals surface area contributed by atoms with Gasteiger partial charge in [-0.1, -0.05) is 66.7 Å². The van der Waals surface area contributed by atoms with Crippen molar-refractivity contribution in [2.45, 2.75) is 12.5 Å². The molecule has 29 heavy (non-hydrogen) atoms. The molecule has 148 valence electrons. The van der Waals surface area contributed by atoms with Gasteiger partial charge in [-0.15, -0.1) is 0 Å². The van der Waals surface area contributed by atoms with E-state index < -0.39 is 7.29 Å². The number of amides is 1. The highest BCUT2D eigenvalue weighted by molar-refractivity contribution is 7.76. The predicted octanol–water partition coefficient (Wildman–Crippen LogP) is 3.63. The van der Waals surface area contributed by atoms with Crippen LogP contribution in [-0.4, -0.2) is 13.0 Å². The summed E-state index contributed by atoms with van der Waals surface area (Å²) in [6, 6.07) is 29.0. The minimum Gasteiger partial charge on any atom is -0.359 e. The van der Waals surface area contributed by atoms with Crippen molar-refractivity contribution in [2.75, 3.05) is 7.05 Å². The van der Waals surface area contributed by atoms with Gasteiger partial charge in [-0.25, -0.2) is 0 Å². The van der Waals surface area contributed by atoms with Crippen LogP contribution in [0.5, 0.6) is 0 Å². The van der Waals surface area contributed by atoms with Crippen molar-refractivity contribution in [1.29, 1.82) is 0 Å². The van der Waals surface area contributed by atoms with Crippen molar-refractivity contribution in [3.8, 4) is 0 Å². The zero-order valence-electron chi connectivity index (χ0n) is 16.4. The smallest absolute Gasteiger partial charge is 0.223 e.